The Labute approximate surface area is 172 Å². The van der Waals surface area contributed by atoms with E-state index in [1.807, 2.05) is 12.1 Å². The van der Waals surface area contributed by atoms with Crippen molar-refractivity contribution >= 4 is 5.97 Å². The van der Waals surface area contributed by atoms with Gasteiger partial charge in [0.25, 0.3) is 0 Å². The number of pyridine rings is 1. The van der Waals surface area contributed by atoms with Gasteiger partial charge in [0, 0.05) is 18.4 Å². The third-order valence-corrected chi connectivity index (χ3v) is 5.39. The van der Waals surface area contributed by atoms with Crippen LogP contribution in [0.15, 0.2) is 24.5 Å². The van der Waals surface area contributed by atoms with Gasteiger partial charge in [-0.15, -0.1) is 0 Å². The summed E-state index contributed by atoms with van der Waals surface area (Å²) in [5, 5.41) is 12.5. The SMILES string of the molecule is CCCCCCCCCCCCCCCCN[C@@H](CC(=O)O)c1cccnc1. The standard InChI is InChI=1S/C24H42N2O2/c1-2-3-4-5-6-7-8-9-10-11-12-13-14-15-19-26-23(20-24(27)28)22-17-16-18-25-21-22/h16-18,21,23,26H,2-15,19-20H2,1H3,(H,27,28)/t23-/m0/s1. The molecule has 0 amide bonds. The number of hydrogen-bond acceptors (Lipinski definition) is 3. The molecule has 0 aromatic carbocycles. The van der Waals surface area contributed by atoms with Crippen molar-refractivity contribution in [3.63, 3.8) is 0 Å². The molecule has 1 aromatic rings. The monoisotopic (exact) mass is 390 g/mol. The highest BCUT2D eigenvalue weighted by Crippen LogP contribution is 2.16. The summed E-state index contributed by atoms with van der Waals surface area (Å²) in [4.78, 5) is 15.2. The Bertz CT molecular complexity index is 479. The molecule has 28 heavy (non-hydrogen) atoms. The summed E-state index contributed by atoms with van der Waals surface area (Å²) in [5.74, 6) is -0.776. The largest absolute Gasteiger partial charge is 0.481 e. The fraction of sp³-hybridized carbons (Fsp3) is 0.750. The molecule has 0 aliphatic heterocycles. The van der Waals surface area contributed by atoms with Crippen molar-refractivity contribution in [2.75, 3.05) is 6.54 Å². The number of hydrogen-bond donors (Lipinski definition) is 2. The third kappa shape index (κ3) is 13.7. The minimum absolute atomic E-state index is 0.101. The molecule has 4 nitrogen and oxygen atoms in total. The van der Waals surface area contributed by atoms with Crippen molar-refractivity contribution < 1.29 is 9.90 Å². The summed E-state index contributed by atoms with van der Waals surface area (Å²) >= 11 is 0. The van der Waals surface area contributed by atoms with Crippen molar-refractivity contribution in [3.05, 3.63) is 30.1 Å². The molecule has 0 saturated heterocycles. The van der Waals surface area contributed by atoms with Crippen LogP contribution in [-0.4, -0.2) is 22.6 Å². The normalized spacial score (nSPS) is 12.2. The highest BCUT2D eigenvalue weighted by Gasteiger charge is 2.14. The fourth-order valence-electron chi connectivity index (χ4n) is 3.66. The van der Waals surface area contributed by atoms with Gasteiger partial charge in [0.1, 0.15) is 0 Å². The average molecular weight is 391 g/mol. The van der Waals surface area contributed by atoms with Gasteiger partial charge in [-0.25, -0.2) is 0 Å². The molecule has 0 unspecified atom stereocenters. The van der Waals surface area contributed by atoms with Crippen molar-refractivity contribution in [2.24, 2.45) is 0 Å². The first-order chi connectivity index (χ1) is 13.7. The van der Waals surface area contributed by atoms with Crippen LogP contribution in [-0.2, 0) is 4.79 Å². The number of unbranched alkanes of at least 4 members (excludes halogenated alkanes) is 13. The second-order valence-corrected chi connectivity index (χ2v) is 7.99. The zero-order valence-corrected chi connectivity index (χ0v) is 18.0. The van der Waals surface area contributed by atoms with Gasteiger partial charge in [0.05, 0.1) is 6.42 Å². The van der Waals surface area contributed by atoms with Crippen LogP contribution in [0.3, 0.4) is 0 Å². The second-order valence-electron chi connectivity index (χ2n) is 7.99. The van der Waals surface area contributed by atoms with E-state index in [0.717, 1.165) is 18.5 Å². The Morgan fingerprint density at radius 1 is 0.929 bits per heavy atom. The second kappa shape index (κ2) is 17.7. The van der Waals surface area contributed by atoms with E-state index in [9.17, 15) is 4.79 Å². The first-order valence-corrected chi connectivity index (χ1v) is 11.6. The van der Waals surface area contributed by atoms with Crippen molar-refractivity contribution in [1.82, 2.24) is 10.3 Å². The molecule has 0 aliphatic carbocycles. The van der Waals surface area contributed by atoms with Gasteiger partial charge in [-0.3, -0.25) is 9.78 Å². The zero-order valence-electron chi connectivity index (χ0n) is 18.0. The topological polar surface area (TPSA) is 62.2 Å². The minimum Gasteiger partial charge on any atom is -0.481 e. The molecule has 160 valence electrons. The van der Waals surface area contributed by atoms with E-state index in [-0.39, 0.29) is 12.5 Å². The van der Waals surface area contributed by atoms with Gasteiger partial charge >= 0.3 is 5.97 Å². The van der Waals surface area contributed by atoms with Crippen molar-refractivity contribution in [3.8, 4) is 0 Å². The lowest BCUT2D eigenvalue weighted by molar-refractivity contribution is -0.137. The van der Waals surface area contributed by atoms with Crippen LogP contribution in [0.5, 0.6) is 0 Å². The smallest absolute Gasteiger partial charge is 0.305 e. The van der Waals surface area contributed by atoms with Crippen LogP contribution in [0, 0.1) is 0 Å². The van der Waals surface area contributed by atoms with Crippen LogP contribution in [0.4, 0.5) is 0 Å². The Morgan fingerprint density at radius 3 is 1.93 bits per heavy atom. The molecule has 0 aliphatic rings. The molecule has 1 aromatic heterocycles. The van der Waals surface area contributed by atoms with Gasteiger partial charge in [-0.05, 0) is 24.6 Å². The molecule has 1 heterocycles. The molecule has 1 atom stereocenters. The number of aromatic nitrogens is 1. The molecule has 0 spiro atoms. The molecule has 0 fully saturated rings. The van der Waals surface area contributed by atoms with Crippen LogP contribution >= 0.6 is 0 Å². The highest BCUT2D eigenvalue weighted by atomic mass is 16.4. The quantitative estimate of drug-likeness (QED) is 0.259. The van der Waals surface area contributed by atoms with Gasteiger partial charge in [-0.2, -0.15) is 0 Å². The maximum Gasteiger partial charge on any atom is 0.305 e. The summed E-state index contributed by atoms with van der Waals surface area (Å²) in [7, 11) is 0. The highest BCUT2D eigenvalue weighted by molar-refractivity contribution is 5.67. The van der Waals surface area contributed by atoms with E-state index in [4.69, 9.17) is 5.11 Å². The number of nitrogens with one attached hydrogen (secondary N) is 1. The number of carbonyl (C=O) groups is 1. The summed E-state index contributed by atoms with van der Waals surface area (Å²) in [6.45, 7) is 3.14. The number of nitrogens with zero attached hydrogens (tertiary/aromatic N) is 1. The third-order valence-electron chi connectivity index (χ3n) is 5.39. The van der Waals surface area contributed by atoms with Crippen LogP contribution in [0.2, 0.25) is 0 Å². The summed E-state index contributed by atoms with van der Waals surface area (Å²) in [6, 6.07) is 3.66. The predicted octanol–water partition coefficient (Wildman–Crippen LogP) is 6.67. The number of rotatable bonds is 19. The average Bonchev–Trinajstić information content (AvgIpc) is 2.70. The molecule has 0 bridgehead atoms. The number of carboxylic acid groups (broad SMARTS) is 1. The fourth-order valence-corrected chi connectivity index (χ4v) is 3.66. The van der Waals surface area contributed by atoms with E-state index in [2.05, 4.69) is 17.2 Å². The molecule has 2 N–H and O–H groups in total. The zero-order chi connectivity index (χ0) is 20.3. The first-order valence-electron chi connectivity index (χ1n) is 11.6. The summed E-state index contributed by atoms with van der Waals surface area (Å²) in [5.41, 5.74) is 0.954. The maximum atomic E-state index is 11.1. The van der Waals surface area contributed by atoms with Crippen LogP contribution in [0.25, 0.3) is 0 Å². The Balaban J connectivity index is 1.94. The van der Waals surface area contributed by atoms with E-state index in [1.54, 1.807) is 12.4 Å². The molecule has 1 rings (SSSR count). The lowest BCUT2D eigenvalue weighted by Crippen LogP contribution is -2.25. The molecule has 0 radical (unpaired) electrons. The maximum absolute atomic E-state index is 11.1. The van der Waals surface area contributed by atoms with E-state index in [0.29, 0.717) is 0 Å². The van der Waals surface area contributed by atoms with Crippen molar-refractivity contribution in [1.29, 1.82) is 0 Å². The van der Waals surface area contributed by atoms with Gasteiger partial charge in [0.15, 0.2) is 0 Å². The van der Waals surface area contributed by atoms with Crippen LogP contribution < -0.4 is 5.32 Å². The predicted molar refractivity (Wildman–Crippen MR) is 118 cm³/mol. The summed E-state index contributed by atoms with van der Waals surface area (Å²) < 4.78 is 0. The summed E-state index contributed by atoms with van der Waals surface area (Å²) in [6.07, 6.45) is 22.5. The Hall–Kier alpha value is -1.42. The van der Waals surface area contributed by atoms with E-state index in [1.165, 1.54) is 83.5 Å². The Morgan fingerprint density at radius 2 is 1.46 bits per heavy atom. The van der Waals surface area contributed by atoms with Gasteiger partial charge in [-0.1, -0.05) is 96.5 Å². The molecule has 4 heteroatoms. The Kier molecular flexibility index (Phi) is 15.5. The van der Waals surface area contributed by atoms with Crippen LogP contribution in [0.1, 0.15) is 115 Å². The number of carboxylic acids is 1. The molecular weight excluding hydrogens is 348 g/mol. The van der Waals surface area contributed by atoms with Gasteiger partial charge in [0.2, 0.25) is 0 Å². The van der Waals surface area contributed by atoms with E-state index < -0.39 is 5.97 Å². The lowest BCUT2D eigenvalue weighted by atomic mass is 10.0. The van der Waals surface area contributed by atoms with Crippen molar-refractivity contribution in [2.45, 2.75) is 109 Å². The number of aliphatic carboxylic acids is 1. The first kappa shape index (κ1) is 24.6. The van der Waals surface area contributed by atoms with Gasteiger partial charge < -0.3 is 10.4 Å². The van der Waals surface area contributed by atoms with E-state index >= 15 is 0 Å². The molecular formula is C24H42N2O2. The minimum atomic E-state index is -0.776. The lowest BCUT2D eigenvalue weighted by Gasteiger charge is -2.17. The molecule has 0 saturated carbocycles.